The number of amides is 2. The summed E-state index contributed by atoms with van der Waals surface area (Å²) in [5.41, 5.74) is 1.48. The van der Waals surface area contributed by atoms with Gasteiger partial charge in [0.15, 0.2) is 5.82 Å². The number of aromatic nitrogens is 4. The van der Waals surface area contributed by atoms with E-state index in [4.69, 9.17) is 0 Å². The van der Waals surface area contributed by atoms with Gasteiger partial charge in [-0.15, -0.1) is 10.2 Å². The number of nitrogens with one attached hydrogen (secondary N) is 2. The van der Waals surface area contributed by atoms with E-state index in [2.05, 4.69) is 25.8 Å². The Bertz CT molecular complexity index is 909. The monoisotopic (exact) mass is 352 g/mol. The highest BCUT2D eigenvalue weighted by Crippen LogP contribution is 2.23. The summed E-state index contributed by atoms with van der Waals surface area (Å²) in [5.74, 6) is 1.26. The van der Waals surface area contributed by atoms with Crippen LogP contribution in [0.3, 0.4) is 0 Å². The minimum Gasteiger partial charge on any atom is -0.333 e. The molecule has 2 amide bonds. The molecule has 8 heteroatoms. The molecule has 1 aliphatic rings. The molecule has 0 saturated carbocycles. The van der Waals surface area contributed by atoms with Gasteiger partial charge in [0, 0.05) is 42.7 Å². The maximum absolute atomic E-state index is 13.2. The van der Waals surface area contributed by atoms with Crippen molar-refractivity contribution in [1.82, 2.24) is 25.1 Å². The second-order valence-corrected chi connectivity index (χ2v) is 6.13. The number of fused-ring (bicyclic) bond motifs is 1. The molecule has 1 atom stereocenters. The van der Waals surface area contributed by atoms with Gasteiger partial charge in [-0.2, -0.15) is 0 Å². The number of rotatable bonds is 3. The van der Waals surface area contributed by atoms with Gasteiger partial charge < -0.3 is 15.2 Å². The average Bonchev–Trinajstić information content (AvgIpc) is 3.06. The van der Waals surface area contributed by atoms with E-state index >= 15 is 0 Å². The van der Waals surface area contributed by atoms with Crippen molar-refractivity contribution in [3.05, 3.63) is 60.4 Å². The number of hydrogen-bond donors (Lipinski definition) is 2. The van der Waals surface area contributed by atoms with Gasteiger partial charge in [-0.25, -0.2) is 9.18 Å². The summed E-state index contributed by atoms with van der Waals surface area (Å²) in [5, 5.41) is 14.2. The SMILES string of the molecule is O=C(Nc1ccncc1)N[C@@H]1CCc2nnc(-c3ccc(F)cc3)n2C1. The predicted molar refractivity (Wildman–Crippen MR) is 93.9 cm³/mol. The van der Waals surface area contributed by atoms with Crippen LogP contribution in [0.25, 0.3) is 11.4 Å². The molecule has 3 heterocycles. The first kappa shape index (κ1) is 16.2. The lowest BCUT2D eigenvalue weighted by Crippen LogP contribution is -2.43. The van der Waals surface area contributed by atoms with E-state index in [0.717, 1.165) is 17.8 Å². The molecule has 132 valence electrons. The minimum absolute atomic E-state index is 0.0421. The van der Waals surface area contributed by atoms with Gasteiger partial charge in [-0.1, -0.05) is 0 Å². The molecule has 0 aliphatic carbocycles. The summed E-state index contributed by atoms with van der Waals surface area (Å²) in [7, 11) is 0. The van der Waals surface area contributed by atoms with Crippen LogP contribution >= 0.6 is 0 Å². The lowest BCUT2D eigenvalue weighted by Gasteiger charge is -2.25. The van der Waals surface area contributed by atoms with Crippen LogP contribution in [0.1, 0.15) is 12.2 Å². The average molecular weight is 352 g/mol. The highest BCUT2D eigenvalue weighted by atomic mass is 19.1. The van der Waals surface area contributed by atoms with E-state index < -0.39 is 0 Å². The van der Waals surface area contributed by atoms with Gasteiger partial charge in [-0.3, -0.25) is 4.98 Å². The van der Waals surface area contributed by atoms with Crippen LogP contribution < -0.4 is 10.6 Å². The van der Waals surface area contributed by atoms with E-state index in [-0.39, 0.29) is 17.9 Å². The second kappa shape index (κ2) is 6.91. The van der Waals surface area contributed by atoms with Gasteiger partial charge in [0.2, 0.25) is 0 Å². The maximum Gasteiger partial charge on any atom is 0.319 e. The zero-order valence-electron chi connectivity index (χ0n) is 13.9. The number of pyridine rings is 1. The van der Waals surface area contributed by atoms with Gasteiger partial charge in [0.1, 0.15) is 11.6 Å². The predicted octanol–water partition coefficient (Wildman–Crippen LogP) is 2.62. The number of urea groups is 1. The van der Waals surface area contributed by atoms with Gasteiger partial charge in [0.05, 0.1) is 0 Å². The first-order chi connectivity index (χ1) is 12.7. The van der Waals surface area contributed by atoms with Crippen LogP contribution in [-0.4, -0.2) is 31.8 Å². The minimum atomic E-state index is -0.292. The lowest BCUT2D eigenvalue weighted by atomic mass is 10.1. The number of aryl methyl sites for hydroxylation is 1. The third-order valence-corrected chi connectivity index (χ3v) is 4.32. The van der Waals surface area contributed by atoms with Crippen LogP contribution in [0, 0.1) is 5.82 Å². The number of nitrogens with zero attached hydrogens (tertiary/aromatic N) is 4. The summed E-state index contributed by atoms with van der Waals surface area (Å²) >= 11 is 0. The Morgan fingerprint density at radius 2 is 1.88 bits per heavy atom. The number of carbonyl (C=O) groups excluding carboxylic acids is 1. The van der Waals surface area contributed by atoms with Gasteiger partial charge in [0.25, 0.3) is 0 Å². The van der Waals surface area contributed by atoms with Crippen molar-refractivity contribution in [2.24, 2.45) is 0 Å². The molecule has 0 bridgehead atoms. The summed E-state index contributed by atoms with van der Waals surface area (Å²) in [6.45, 7) is 0.568. The molecular formula is C18H17FN6O. The highest BCUT2D eigenvalue weighted by Gasteiger charge is 2.24. The fourth-order valence-corrected chi connectivity index (χ4v) is 3.05. The largest absolute Gasteiger partial charge is 0.333 e. The fraction of sp³-hybridized carbons (Fsp3) is 0.222. The van der Waals surface area contributed by atoms with Crippen molar-refractivity contribution in [1.29, 1.82) is 0 Å². The van der Waals surface area contributed by atoms with E-state index in [9.17, 15) is 9.18 Å². The van der Waals surface area contributed by atoms with Crippen molar-refractivity contribution in [3.63, 3.8) is 0 Å². The molecule has 0 saturated heterocycles. The van der Waals surface area contributed by atoms with E-state index in [1.807, 2.05) is 4.57 Å². The Morgan fingerprint density at radius 3 is 2.65 bits per heavy atom. The normalized spacial score (nSPS) is 16.0. The standard InChI is InChI=1S/C18H17FN6O/c19-13-3-1-12(2-4-13)17-24-23-16-6-5-15(11-25(16)17)22-18(26)21-14-7-9-20-10-8-14/h1-4,7-10,15H,5-6,11H2,(H2,20,21,22,26)/t15-/m1/s1. The molecule has 0 fully saturated rings. The Labute approximate surface area is 149 Å². The molecule has 0 spiro atoms. The van der Waals surface area contributed by atoms with Gasteiger partial charge >= 0.3 is 6.03 Å². The van der Waals surface area contributed by atoms with Crippen molar-refractivity contribution in [3.8, 4) is 11.4 Å². The quantitative estimate of drug-likeness (QED) is 0.759. The summed E-state index contributed by atoms with van der Waals surface area (Å²) < 4.78 is 15.1. The molecule has 0 unspecified atom stereocenters. The summed E-state index contributed by atoms with van der Waals surface area (Å²) in [6, 6.07) is 9.31. The van der Waals surface area contributed by atoms with Crippen molar-refractivity contribution in [2.45, 2.75) is 25.4 Å². The summed E-state index contributed by atoms with van der Waals surface area (Å²) in [4.78, 5) is 16.1. The lowest BCUT2D eigenvalue weighted by molar-refractivity contribution is 0.244. The molecule has 4 rings (SSSR count). The number of carbonyl (C=O) groups is 1. The van der Waals surface area contributed by atoms with E-state index in [0.29, 0.717) is 24.5 Å². The third-order valence-electron chi connectivity index (χ3n) is 4.32. The summed E-state index contributed by atoms with van der Waals surface area (Å²) in [6.07, 6.45) is 4.74. The molecule has 2 N–H and O–H groups in total. The Balaban J connectivity index is 1.46. The van der Waals surface area contributed by atoms with Crippen molar-refractivity contribution < 1.29 is 9.18 Å². The molecule has 1 aromatic carbocycles. The number of halogens is 1. The van der Waals surface area contributed by atoms with Crippen LogP contribution in [0.2, 0.25) is 0 Å². The molecule has 1 aliphatic heterocycles. The van der Waals surface area contributed by atoms with Crippen molar-refractivity contribution in [2.75, 3.05) is 5.32 Å². The highest BCUT2D eigenvalue weighted by molar-refractivity contribution is 5.89. The van der Waals surface area contributed by atoms with E-state index in [1.165, 1.54) is 12.1 Å². The van der Waals surface area contributed by atoms with Crippen LogP contribution in [0.5, 0.6) is 0 Å². The van der Waals surface area contributed by atoms with Crippen LogP contribution in [0.4, 0.5) is 14.9 Å². The molecule has 26 heavy (non-hydrogen) atoms. The molecule has 3 aromatic rings. The van der Waals surface area contributed by atoms with Crippen LogP contribution in [-0.2, 0) is 13.0 Å². The third kappa shape index (κ3) is 3.39. The Hall–Kier alpha value is -3.29. The fourth-order valence-electron chi connectivity index (χ4n) is 3.05. The molecule has 7 nitrogen and oxygen atoms in total. The Morgan fingerprint density at radius 1 is 1.12 bits per heavy atom. The molecule has 0 radical (unpaired) electrons. The number of hydrogen-bond acceptors (Lipinski definition) is 4. The Kier molecular flexibility index (Phi) is 4.30. The first-order valence-electron chi connectivity index (χ1n) is 8.34. The van der Waals surface area contributed by atoms with E-state index in [1.54, 1.807) is 36.7 Å². The maximum atomic E-state index is 13.2. The topological polar surface area (TPSA) is 84.7 Å². The smallest absolute Gasteiger partial charge is 0.319 e. The second-order valence-electron chi connectivity index (χ2n) is 6.13. The molecule has 2 aromatic heterocycles. The van der Waals surface area contributed by atoms with Crippen LogP contribution in [0.15, 0.2) is 48.8 Å². The zero-order chi connectivity index (χ0) is 17.9. The number of anilines is 1. The first-order valence-corrected chi connectivity index (χ1v) is 8.34. The molecular weight excluding hydrogens is 335 g/mol. The zero-order valence-corrected chi connectivity index (χ0v) is 13.9. The number of benzene rings is 1. The van der Waals surface area contributed by atoms with Gasteiger partial charge in [-0.05, 0) is 42.8 Å². The van der Waals surface area contributed by atoms with Crippen molar-refractivity contribution >= 4 is 11.7 Å².